The van der Waals surface area contributed by atoms with Crippen LogP contribution in [0, 0.1) is 0 Å². The highest BCUT2D eigenvalue weighted by Gasteiger charge is 2.96. The number of alkyl halides is 17. The van der Waals surface area contributed by atoms with E-state index in [1.54, 1.807) is 4.90 Å². The molecule has 3 fully saturated rings. The van der Waals surface area contributed by atoms with Gasteiger partial charge in [0, 0.05) is 137 Å². The molecular formula is C56H83F17N14O19S. The summed E-state index contributed by atoms with van der Waals surface area (Å²) in [6.45, 7) is -8.90. The summed E-state index contributed by atoms with van der Waals surface area (Å²) in [6, 6.07) is -4.23. The molecule has 0 aromatic carbocycles. The van der Waals surface area contributed by atoms with E-state index in [0.717, 1.165) is 0 Å². The standard InChI is InChI=1S/C56H83F17N14O19S/c1-35(84-19-15-80(31-42(94)95)11-7-78(29-40(90)91)8-12-81(16-20-84)32-43(96)97)46(102)75-27-38(88)74-6-4-3-5-37(77-39(89)28-76-47(103)36(2)85-21-17-82(33-44(98)99)13-9-79(30-41(92)93)10-14-83(18-22-85)34-45(100)101)48(104)86-23-25-87(26-24-86)107(105,106)56(72,73)54(67,68)52(63,64)50(59,60)49(57,58)51(61,62)53(65,66)55(69,70)71/h35-37H,3-34H2,1-2H3,(H,74,88)(H,75,102)(H,76,103)(H,77,89)(H,90,91)(H,92,93)(H,94,95)(H,96,97)(H,98,99)(H,100,101). The summed E-state index contributed by atoms with van der Waals surface area (Å²) in [4.78, 5) is 151. The zero-order valence-electron chi connectivity index (χ0n) is 57.2. The van der Waals surface area contributed by atoms with Gasteiger partial charge in [0.2, 0.25) is 29.5 Å². The molecule has 3 unspecified atom stereocenters. The number of nitrogens with zero attached hydrogens (tertiary/aromatic N) is 10. The summed E-state index contributed by atoms with van der Waals surface area (Å²) in [5.41, 5.74) is 0. The van der Waals surface area contributed by atoms with Crippen molar-refractivity contribution in [1.82, 2.24) is 69.7 Å². The van der Waals surface area contributed by atoms with Gasteiger partial charge in [-0.25, -0.2) is 8.42 Å². The maximum Gasteiger partial charge on any atom is 0.460 e. The van der Waals surface area contributed by atoms with Crippen LogP contribution < -0.4 is 21.3 Å². The van der Waals surface area contributed by atoms with Gasteiger partial charge < -0.3 is 56.8 Å². The summed E-state index contributed by atoms with van der Waals surface area (Å²) < 4.78 is 265. The predicted molar refractivity (Wildman–Crippen MR) is 329 cm³/mol. The minimum absolute atomic E-state index is 0.00259. The average molecular weight is 1610 g/mol. The number of carboxylic acids is 6. The third kappa shape index (κ3) is 25.3. The summed E-state index contributed by atoms with van der Waals surface area (Å²) in [6.07, 6.45) is -9.03. The van der Waals surface area contributed by atoms with Crippen molar-refractivity contribution in [2.75, 3.05) is 190 Å². The van der Waals surface area contributed by atoms with Crippen LogP contribution in [0.3, 0.4) is 0 Å². The van der Waals surface area contributed by atoms with Crippen molar-refractivity contribution in [2.45, 2.75) is 98.2 Å². The number of rotatable bonds is 35. The molecule has 0 spiro atoms. The first kappa shape index (κ1) is 93.8. The number of carboxylic acid groups (broad SMARTS) is 6. The molecule has 3 aliphatic heterocycles. The number of hydrogen-bond donors (Lipinski definition) is 10. The van der Waals surface area contributed by atoms with E-state index >= 15 is 8.78 Å². The van der Waals surface area contributed by atoms with E-state index in [0.29, 0.717) is 4.90 Å². The highest BCUT2D eigenvalue weighted by atomic mass is 32.2. The van der Waals surface area contributed by atoms with Gasteiger partial charge in [-0.15, -0.1) is 0 Å². The topological polar surface area (TPSA) is 424 Å². The lowest BCUT2D eigenvalue weighted by atomic mass is 9.91. The van der Waals surface area contributed by atoms with Crippen LogP contribution in [0.4, 0.5) is 74.6 Å². The molecule has 0 aromatic rings. The lowest BCUT2D eigenvalue weighted by Crippen LogP contribution is -2.75. The normalized spacial score (nSPS) is 19.3. The van der Waals surface area contributed by atoms with E-state index in [9.17, 15) is 158 Å². The van der Waals surface area contributed by atoms with Crippen LogP contribution in [0.5, 0.6) is 0 Å². The molecule has 10 N–H and O–H groups in total. The van der Waals surface area contributed by atoms with E-state index in [2.05, 4.69) is 21.3 Å². The van der Waals surface area contributed by atoms with Crippen LogP contribution in [-0.4, -0.2) is 408 Å². The van der Waals surface area contributed by atoms with E-state index < -0.39 is 230 Å². The molecule has 0 saturated carbocycles. The van der Waals surface area contributed by atoms with E-state index in [1.807, 2.05) is 0 Å². The van der Waals surface area contributed by atoms with Gasteiger partial charge in [-0.1, -0.05) is 0 Å². The van der Waals surface area contributed by atoms with Crippen LogP contribution in [0.15, 0.2) is 0 Å². The quantitative estimate of drug-likeness (QED) is 0.0246. The van der Waals surface area contributed by atoms with Gasteiger partial charge in [0.1, 0.15) is 6.04 Å². The second kappa shape index (κ2) is 39.3. The monoisotopic (exact) mass is 1610 g/mol. The number of carbonyl (C=O) groups is 11. The molecule has 3 atom stereocenters. The number of unbranched alkanes of at least 4 members (excludes halogenated alkanes) is 1. The van der Waals surface area contributed by atoms with Gasteiger partial charge >= 0.3 is 82.8 Å². The fraction of sp³-hybridized carbons (Fsp3) is 0.804. The first-order valence-electron chi connectivity index (χ1n) is 32.3. The van der Waals surface area contributed by atoms with E-state index in [4.69, 9.17) is 0 Å². The van der Waals surface area contributed by atoms with Gasteiger partial charge in [0.15, 0.2) is 0 Å². The Kier molecular flexibility index (Phi) is 34.4. The van der Waals surface area contributed by atoms with Crippen LogP contribution >= 0.6 is 0 Å². The predicted octanol–water partition coefficient (Wildman–Crippen LogP) is -1.84. The summed E-state index contributed by atoms with van der Waals surface area (Å²) >= 11 is 0. The molecule has 3 saturated heterocycles. The van der Waals surface area contributed by atoms with Gasteiger partial charge in [-0.05, 0) is 33.1 Å². The zero-order chi connectivity index (χ0) is 81.8. The SMILES string of the molecule is CC(C(=O)NCC(=O)NCCCCC(NC(=O)CNC(=O)C(C)N1CCN(CC(=O)O)CCN(CC(=O)O)CCN(CC(=O)O)CC1)C(=O)N1CCN(S(=O)(=O)C(F)(F)C(F)(F)C(F)(F)C(F)(F)C(F)(F)C(F)(F)C(F)(F)C(F)(F)F)CC1)N1CCN(CC(=O)O)CCN(CC(=O)O)CCN(CC(=O)O)CC1. The molecule has 0 radical (unpaired) electrons. The number of sulfonamides is 1. The van der Waals surface area contributed by atoms with Gasteiger partial charge in [-0.3, -0.25) is 91.9 Å². The highest BCUT2D eigenvalue weighted by molar-refractivity contribution is 7.90. The van der Waals surface area contributed by atoms with E-state index in [1.165, 1.54) is 48.1 Å². The minimum Gasteiger partial charge on any atom is -0.480 e. The minimum atomic E-state index is -9.10. The van der Waals surface area contributed by atoms with Crippen LogP contribution in [0.2, 0.25) is 0 Å². The smallest absolute Gasteiger partial charge is 0.460 e. The fourth-order valence-corrected chi connectivity index (χ4v) is 12.5. The fourth-order valence-electron chi connectivity index (χ4n) is 11.0. The lowest BCUT2D eigenvalue weighted by molar-refractivity contribution is -0.458. The van der Waals surface area contributed by atoms with Crippen molar-refractivity contribution < 1.29 is 166 Å². The molecular weight excluding hydrogens is 1530 g/mol. The number of amides is 5. The van der Waals surface area contributed by atoms with Crippen molar-refractivity contribution in [3.05, 3.63) is 0 Å². The van der Waals surface area contributed by atoms with E-state index in [-0.39, 0.29) is 124 Å². The molecule has 616 valence electrons. The Bertz CT molecular complexity index is 3140. The van der Waals surface area contributed by atoms with Crippen molar-refractivity contribution in [1.29, 1.82) is 0 Å². The summed E-state index contributed by atoms with van der Waals surface area (Å²) in [7, 11) is -7.77. The molecule has 3 rings (SSSR count). The Labute approximate surface area is 598 Å². The third-order valence-corrected chi connectivity index (χ3v) is 19.3. The number of aliphatic carboxylic acids is 6. The molecule has 107 heavy (non-hydrogen) atoms. The van der Waals surface area contributed by atoms with Crippen molar-refractivity contribution in [2.24, 2.45) is 0 Å². The summed E-state index contributed by atoms with van der Waals surface area (Å²) in [5.74, 6) is -65.8. The van der Waals surface area contributed by atoms with Crippen molar-refractivity contribution in [3.8, 4) is 0 Å². The molecule has 33 nitrogen and oxygen atoms in total. The molecule has 51 heteroatoms. The highest BCUT2D eigenvalue weighted by Crippen LogP contribution is 2.64. The van der Waals surface area contributed by atoms with Gasteiger partial charge in [0.25, 0.3) is 10.0 Å². The molecule has 0 aliphatic carbocycles. The third-order valence-electron chi connectivity index (χ3n) is 17.4. The first-order valence-corrected chi connectivity index (χ1v) is 33.8. The first-order chi connectivity index (χ1) is 49.1. The Hall–Kier alpha value is -7.43. The summed E-state index contributed by atoms with van der Waals surface area (Å²) in [5, 5.41) is 58.6. The number of nitrogens with one attached hydrogen (secondary N) is 4. The number of hydrogen-bond acceptors (Lipinski definition) is 21. The second-order valence-electron chi connectivity index (χ2n) is 25.0. The molecule has 0 bridgehead atoms. The molecule has 0 aromatic heterocycles. The Morgan fingerprint density at radius 3 is 0.944 bits per heavy atom. The Balaban J connectivity index is 1.88. The Morgan fingerprint density at radius 2 is 0.645 bits per heavy atom. The second-order valence-corrected chi connectivity index (χ2v) is 27.0. The number of piperazine rings is 1. The molecule has 5 amide bonds. The van der Waals surface area contributed by atoms with Crippen LogP contribution in [-0.2, 0) is 62.8 Å². The van der Waals surface area contributed by atoms with Gasteiger partial charge in [-0.2, -0.15) is 78.9 Å². The Morgan fingerprint density at radius 1 is 0.364 bits per heavy atom. The largest absolute Gasteiger partial charge is 0.480 e. The zero-order valence-corrected chi connectivity index (χ0v) is 58.0. The van der Waals surface area contributed by atoms with Crippen molar-refractivity contribution in [3.63, 3.8) is 0 Å². The average Bonchev–Trinajstić information content (AvgIpc) is 0.689. The van der Waals surface area contributed by atoms with Crippen molar-refractivity contribution >= 4 is 75.4 Å². The van der Waals surface area contributed by atoms with Crippen LogP contribution in [0.1, 0.15) is 33.1 Å². The maximum atomic E-state index is 15.3. The molecule has 3 heterocycles. The number of carbonyl (C=O) groups excluding carboxylic acids is 5. The lowest BCUT2D eigenvalue weighted by Gasteiger charge is -2.43. The number of halogens is 17. The maximum absolute atomic E-state index is 15.3. The van der Waals surface area contributed by atoms with Crippen LogP contribution in [0.25, 0.3) is 0 Å². The molecule has 3 aliphatic rings. The van der Waals surface area contributed by atoms with Gasteiger partial charge in [0.05, 0.1) is 64.4 Å².